The predicted molar refractivity (Wildman–Crippen MR) is 107 cm³/mol. The topological polar surface area (TPSA) is 47.1 Å². The normalized spacial score (nSPS) is 15.2. The van der Waals surface area contributed by atoms with Crippen molar-refractivity contribution in [2.24, 2.45) is 0 Å². The Bertz CT molecular complexity index is 961. The number of hydrogen-bond donors (Lipinski definition) is 1. The Balaban J connectivity index is 1.40. The van der Waals surface area contributed by atoms with Crippen LogP contribution in [-0.4, -0.2) is 16.6 Å². The van der Waals surface area contributed by atoms with Crippen LogP contribution in [0.4, 0.5) is 13.2 Å². The van der Waals surface area contributed by atoms with Gasteiger partial charge in [-0.15, -0.1) is 18.3 Å². The summed E-state index contributed by atoms with van der Waals surface area (Å²) in [6, 6.07) is 16.1. The lowest BCUT2D eigenvalue weighted by molar-refractivity contribution is -0.275. The van der Waals surface area contributed by atoms with Crippen molar-refractivity contribution in [3.8, 4) is 22.9 Å². The molecule has 4 nitrogen and oxygen atoms in total. The number of hydrogen-bond acceptors (Lipinski definition) is 3. The second-order valence-corrected chi connectivity index (χ2v) is 7.52. The Morgan fingerprint density at radius 3 is 2.43 bits per heavy atom. The fourth-order valence-corrected chi connectivity index (χ4v) is 3.89. The molecule has 0 unspecified atom stereocenters. The summed E-state index contributed by atoms with van der Waals surface area (Å²) in [6.45, 7) is -0.0861. The van der Waals surface area contributed by atoms with Crippen molar-refractivity contribution in [1.82, 2.24) is 10.2 Å². The van der Waals surface area contributed by atoms with Crippen LogP contribution in [0.3, 0.4) is 0 Å². The Kier molecular flexibility index (Phi) is 5.97. The van der Waals surface area contributed by atoms with E-state index in [0.29, 0.717) is 11.8 Å². The van der Waals surface area contributed by atoms with Gasteiger partial charge in [-0.1, -0.05) is 61.7 Å². The van der Waals surface area contributed by atoms with Gasteiger partial charge in [-0.2, -0.15) is 0 Å². The van der Waals surface area contributed by atoms with Crippen LogP contribution in [-0.2, 0) is 6.61 Å². The number of alkyl halides is 3. The van der Waals surface area contributed by atoms with E-state index in [-0.39, 0.29) is 17.9 Å². The summed E-state index contributed by atoms with van der Waals surface area (Å²) >= 11 is 0. The van der Waals surface area contributed by atoms with Gasteiger partial charge in [0.1, 0.15) is 12.4 Å². The minimum atomic E-state index is -4.75. The first kappa shape index (κ1) is 20.3. The molecule has 1 fully saturated rings. The van der Waals surface area contributed by atoms with Crippen molar-refractivity contribution in [3.63, 3.8) is 0 Å². The molecule has 0 atom stereocenters. The third-order valence-corrected chi connectivity index (χ3v) is 5.43. The fraction of sp³-hybridized carbons (Fsp3) is 0.348. The molecule has 4 rings (SSSR count). The lowest BCUT2D eigenvalue weighted by atomic mass is 9.84. The monoisotopic (exact) mass is 416 g/mol. The molecule has 30 heavy (non-hydrogen) atoms. The number of benzene rings is 2. The minimum Gasteiger partial charge on any atom is -0.472 e. The third kappa shape index (κ3) is 5.14. The van der Waals surface area contributed by atoms with Gasteiger partial charge in [0.25, 0.3) is 0 Å². The zero-order valence-electron chi connectivity index (χ0n) is 16.4. The molecule has 0 spiro atoms. The first-order valence-electron chi connectivity index (χ1n) is 10.1. The lowest BCUT2D eigenvalue weighted by Gasteiger charge is -2.22. The highest BCUT2D eigenvalue weighted by Gasteiger charge is 2.32. The van der Waals surface area contributed by atoms with Gasteiger partial charge < -0.3 is 9.47 Å². The Labute approximate surface area is 173 Å². The van der Waals surface area contributed by atoms with E-state index in [1.54, 1.807) is 12.1 Å². The molecule has 0 amide bonds. The molecular weight excluding hydrogens is 393 g/mol. The van der Waals surface area contributed by atoms with Crippen molar-refractivity contribution in [2.75, 3.05) is 0 Å². The van der Waals surface area contributed by atoms with Gasteiger partial charge in [-0.3, -0.25) is 5.10 Å². The number of para-hydroxylation sites is 1. The average molecular weight is 416 g/mol. The number of nitrogens with zero attached hydrogens (tertiary/aromatic N) is 1. The number of rotatable bonds is 6. The van der Waals surface area contributed by atoms with Crippen LogP contribution in [0.2, 0.25) is 0 Å². The van der Waals surface area contributed by atoms with E-state index in [0.717, 1.165) is 11.3 Å². The number of aromatic nitrogens is 2. The molecule has 2 aromatic carbocycles. The molecule has 0 radical (unpaired) electrons. The van der Waals surface area contributed by atoms with E-state index in [9.17, 15) is 13.2 Å². The molecule has 0 aliphatic heterocycles. The number of ether oxygens (including phenoxy) is 2. The smallest absolute Gasteiger partial charge is 0.472 e. The maximum atomic E-state index is 12.5. The fourth-order valence-electron chi connectivity index (χ4n) is 3.89. The van der Waals surface area contributed by atoms with Crippen LogP contribution in [0.25, 0.3) is 11.3 Å². The zero-order chi connectivity index (χ0) is 21.0. The predicted octanol–water partition coefficient (Wildman–Crippen LogP) is 6.60. The second-order valence-electron chi connectivity index (χ2n) is 7.52. The quantitative estimate of drug-likeness (QED) is 0.492. The van der Waals surface area contributed by atoms with Crippen molar-refractivity contribution in [2.45, 2.75) is 51.0 Å². The van der Waals surface area contributed by atoms with E-state index in [1.807, 2.05) is 0 Å². The summed E-state index contributed by atoms with van der Waals surface area (Å²) in [5.74, 6) is 0.676. The molecule has 1 heterocycles. The minimum absolute atomic E-state index is 0.0861. The van der Waals surface area contributed by atoms with Crippen LogP contribution < -0.4 is 9.47 Å². The molecule has 7 heteroatoms. The van der Waals surface area contributed by atoms with E-state index < -0.39 is 6.36 Å². The zero-order valence-corrected chi connectivity index (χ0v) is 16.4. The summed E-state index contributed by atoms with van der Waals surface area (Å²) in [6.07, 6.45) is 1.68. The molecule has 1 N–H and O–H groups in total. The molecular formula is C23H23F3N2O2. The van der Waals surface area contributed by atoms with Gasteiger partial charge in [-0.25, -0.2) is 0 Å². The maximum absolute atomic E-state index is 12.5. The molecule has 3 aromatic rings. The van der Waals surface area contributed by atoms with E-state index in [4.69, 9.17) is 4.74 Å². The standard InChI is InChI=1S/C23H23F3N2O2/c24-23(25,26)30-21-9-5-4-8-19(21)15-29-22-14-20(27-28-22)18-12-10-17(11-13-18)16-6-2-1-3-7-16/h4-5,8-14,16H,1-3,6-7,15H2,(H,27,28). The largest absolute Gasteiger partial charge is 0.573 e. The van der Waals surface area contributed by atoms with Crippen molar-refractivity contribution >= 4 is 0 Å². The molecule has 1 aromatic heterocycles. The molecule has 1 aliphatic carbocycles. The van der Waals surface area contributed by atoms with Crippen LogP contribution >= 0.6 is 0 Å². The van der Waals surface area contributed by atoms with E-state index in [1.165, 1.54) is 55.9 Å². The van der Waals surface area contributed by atoms with Crippen LogP contribution in [0.5, 0.6) is 11.6 Å². The Morgan fingerprint density at radius 2 is 1.70 bits per heavy atom. The summed E-state index contributed by atoms with van der Waals surface area (Å²) in [4.78, 5) is 0. The third-order valence-electron chi connectivity index (χ3n) is 5.43. The number of H-pyrrole nitrogens is 1. The highest BCUT2D eigenvalue weighted by molar-refractivity contribution is 5.60. The van der Waals surface area contributed by atoms with Gasteiger partial charge >= 0.3 is 6.36 Å². The first-order chi connectivity index (χ1) is 14.5. The summed E-state index contributed by atoms with van der Waals surface area (Å²) in [5, 5.41) is 7.04. The molecule has 158 valence electrons. The van der Waals surface area contributed by atoms with E-state index >= 15 is 0 Å². The average Bonchev–Trinajstić information content (AvgIpc) is 3.22. The van der Waals surface area contributed by atoms with Crippen molar-refractivity contribution in [3.05, 3.63) is 65.7 Å². The van der Waals surface area contributed by atoms with Gasteiger partial charge in [0.15, 0.2) is 0 Å². The molecule has 0 bridgehead atoms. The highest BCUT2D eigenvalue weighted by atomic mass is 19.4. The maximum Gasteiger partial charge on any atom is 0.573 e. The molecule has 0 saturated heterocycles. The highest BCUT2D eigenvalue weighted by Crippen LogP contribution is 2.34. The lowest BCUT2D eigenvalue weighted by Crippen LogP contribution is -2.18. The second kappa shape index (κ2) is 8.81. The van der Waals surface area contributed by atoms with Gasteiger partial charge in [-0.05, 0) is 36.0 Å². The van der Waals surface area contributed by atoms with E-state index in [2.05, 4.69) is 39.2 Å². The first-order valence-corrected chi connectivity index (χ1v) is 10.1. The number of aromatic amines is 1. The summed E-state index contributed by atoms with van der Waals surface area (Å²) in [7, 11) is 0. The Morgan fingerprint density at radius 1 is 0.967 bits per heavy atom. The SMILES string of the molecule is FC(F)(F)Oc1ccccc1COc1cc(-c2ccc(C3CCCCC3)cc2)[nH]n1. The van der Waals surface area contributed by atoms with Gasteiger partial charge in [0.2, 0.25) is 5.88 Å². The molecule has 1 saturated carbocycles. The van der Waals surface area contributed by atoms with Crippen LogP contribution in [0.1, 0.15) is 49.1 Å². The summed E-state index contributed by atoms with van der Waals surface area (Å²) in [5.41, 5.74) is 3.43. The molecule has 1 aliphatic rings. The van der Waals surface area contributed by atoms with Gasteiger partial charge in [0, 0.05) is 11.6 Å². The van der Waals surface area contributed by atoms with Crippen molar-refractivity contribution < 1.29 is 22.6 Å². The number of halogens is 3. The van der Waals surface area contributed by atoms with Crippen LogP contribution in [0, 0.1) is 0 Å². The van der Waals surface area contributed by atoms with Crippen molar-refractivity contribution in [1.29, 1.82) is 0 Å². The van der Waals surface area contributed by atoms with Crippen LogP contribution in [0.15, 0.2) is 54.6 Å². The summed E-state index contributed by atoms with van der Waals surface area (Å²) < 4.78 is 47.3. The van der Waals surface area contributed by atoms with Gasteiger partial charge in [0.05, 0.1) is 5.69 Å². The number of nitrogens with one attached hydrogen (secondary N) is 1. The Hall–Kier alpha value is -2.96.